The molecule has 1 saturated heterocycles. The molecule has 6 heteroatoms. The summed E-state index contributed by atoms with van der Waals surface area (Å²) in [6, 6.07) is 13.2. The molecule has 0 saturated carbocycles. The second kappa shape index (κ2) is 7.80. The molecule has 0 aromatic heterocycles. The number of ether oxygens (including phenoxy) is 2. The van der Waals surface area contributed by atoms with Gasteiger partial charge in [0.05, 0.1) is 18.9 Å². The van der Waals surface area contributed by atoms with Crippen LogP contribution in [0.3, 0.4) is 0 Å². The summed E-state index contributed by atoms with van der Waals surface area (Å²) in [4.78, 5) is 14.4. The standard InChI is InChI=1S/C21H22N2O3S/c1-13(2)26-19-15(6-5-7-18(19)25-4)12-17-20(24)23(21(27)22-17)16-10-8-14(3)9-11-16/h5-13H,1-4H3,(H,22,27)/b17-12-. The van der Waals surface area contributed by atoms with Gasteiger partial charge in [0.15, 0.2) is 16.6 Å². The van der Waals surface area contributed by atoms with Gasteiger partial charge in [-0.3, -0.25) is 9.69 Å². The lowest BCUT2D eigenvalue weighted by Gasteiger charge is -2.16. The molecule has 2 aromatic rings. The number of aryl methyl sites for hydroxylation is 1. The Morgan fingerprint density at radius 1 is 1.15 bits per heavy atom. The quantitative estimate of drug-likeness (QED) is 0.624. The lowest BCUT2D eigenvalue weighted by molar-refractivity contribution is -0.113. The van der Waals surface area contributed by atoms with Crippen molar-refractivity contribution in [1.29, 1.82) is 0 Å². The lowest BCUT2D eigenvalue weighted by atomic mass is 10.1. The number of nitrogens with one attached hydrogen (secondary N) is 1. The van der Waals surface area contributed by atoms with E-state index in [4.69, 9.17) is 21.7 Å². The van der Waals surface area contributed by atoms with Crippen molar-refractivity contribution in [2.75, 3.05) is 12.0 Å². The minimum absolute atomic E-state index is 0.0316. The van der Waals surface area contributed by atoms with Gasteiger partial charge in [0.25, 0.3) is 5.91 Å². The van der Waals surface area contributed by atoms with Gasteiger partial charge in [-0.05, 0) is 57.3 Å². The third-order valence-electron chi connectivity index (χ3n) is 4.05. The van der Waals surface area contributed by atoms with Crippen LogP contribution in [-0.4, -0.2) is 24.2 Å². The summed E-state index contributed by atoms with van der Waals surface area (Å²) in [5, 5.41) is 3.36. The number of carbonyl (C=O) groups excluding carboxylic acids is 1. The van der Waals surface area contributed by atoms with E-state index in [1.54, 1.807) is 13.2 Å². The molecule has 1 aliphatic rings. The average molecular weight is 382 g/mol. The van der Waals surface area contributed by atoms with Crippen molar-refractivity contribution in [3.05, 3.63) is 59.3 Å². The van der Waals surface area contributed by atoms with Crippen LogP contribution in [0.15, 0.2) is 48.2 Å². The van der Waals surface area contributed by atoms with Gasteiger partial charge in [0.2, 0.25) is 0 Å². The van der Waals surface area contributed by atoms with E-state index >= 15 is 0 Å². The highest BCUT2D eigenvalue weighted by molar-refractivity contribution is 7.80. The van der Waals surface area contributed by atoms with Crippen LogP contribution in [-0.2, 0) is 4.79 Å². The van der Waals surface area contributed by atoms with Crippen molar-refractivity contribution in [3.63, 3.8) is 0 Å². The molecule has 27 heavy (non-hydrogen) atoms. The van der Waals surface area contributed by atoms with E-state index in [1.165, 1.54) is 4.90 Å². The fourth-order valence-electron chi connectivity index (χ4n) is 2.79. The van der Waals surface area contributed by atoms with E-state index in [0.717, 1.165) is 16.8 Å². The summed E-state index contributed by atoms with van der Waals surface area (Å²) >= 11 is 5.37. The molecule has 3 rings (SSSR count). The molecule has 0 radical (unpaired) electrons. The zero-order valence-electron chi connectivity index (χ0n) is 15.8. The molecule has 140 valence electrons. The number of benzene rings is 2. The molecule has 0 spiro atoms. The summed E-state index contributed by atoms with van der Waals surface area (Å²) < 4.78 is 11.3. The van der Waals surface area contributed by atoms with Gasteiger partial charge in [0, 0.05) is 5.56 Å². The fourth-order valence-corrected chi connectivity index (χ4v) is 3.09. The van der Waals surface area contributed by atoms with E-state index in [1.807, 2.05) is 63.2 Å². The van der Waals surface area contributed by atoms with Crippen molar-refractivity contribution < 1.29 is 14.3 Å². The van der Waals surface area contributed by atoms with Crippen molar-refractivity contribution in [2.24, 2.45) is 0 Å². The van der Waals surface area contributed by atoms with Gasteiger partial charge in [-0.2, -0.15) is 0 Å². The maximum atomic E-state index is 12.9. The molecular weight excluding hydrogens is 360 g/mol. The summed E-state index contributed by atoms with van der Waals surface area (Å²) in [5.41, 5.74) is 2.98. The molecule has 0 aliphatic carbocycles. The van der Waals surface area contributed by atoms with E-state index in [2.05, 4.69) is 5.32 Å². The Kier molecular flexibility index (Phi) is 5.46. The van der Waals surface area contributed by atoms with Crippen LogP contribution < -0.4 is 19.7 Å². The van der Waals surface area contributed by atoms with Gasteiger partial charge < -0.3 is 14.8 Å². The smallest absolute Gasteiger partial charge is 0.281 e. The maximum absolute atomic E-state index is 12.9. The molecule has 0 bridgehead atoms. The number of hydrogen-bond acceptors (Lipinski definition) is 4. The van der Waals surface area contributed by atoms with E-state index in [9.17, 15) is 4.79 Å². The average Bonchev–Trinajstić information content (AvgIpc) is 2.90. The number of thiocarbonyl (C=S) groups is 1. The number of anilines is 1. The maximum Gasteiger partial charge on any atom is 0.281 e. The van der Waals surface area contributed by atoms with Crippen molar-refractivity contribution in [2.45, 2.75) is 26.9 Å². The van der Waals surface area contributed by atoms with Crippen LogP contribution in [0.5, 0.6) is 11.5 Å². The van der Waals surface area contributed by atoms with Gasteiger partial charge >= 0.3 is 0 Å². The van der Waals surface area contributed by atoms with Crippen LogP contribution >= 0.6 is 12.2 Å². The normalized spacial score (nSPS) is 15.4. The number of nitrogens with zero attached hydrogens (tertiary/aromatic N) is 1. The van der Waals surface area contributed by atoms with Crippen molar-refractivity contribution >= 4 is 35.0 Å². The first-order chi connectivity index (χ1) is 12.9. The minimum Gasteiger partial charge on any atom is -0.493 e. The molecule has 5 nitrogen and oxygen atoms in total. The van der Waals surface area contributed by atoms with E-state index in [-0.39, 0.29) is 12.0 Å². The van der Waals surface area contributed by atoms with Gasteiger partial charge in [-0.1, -0.05) is 29.8 Å². The molecule has 1 heterocycles. The Balaban J connectivity index is 1.98. The number of rotatable bonds is 5. The van der Waals surface area contributed by atoms with E-state index in [0.29, 0.717) is 22.3 Å². The third-order valence-corrected chi connectivity index (χ3v) is 4.34. The van der Waals surface area contributed by atoms with Crippen LogP contribution in [0.4, 0.5) is 5.69 Å². The highest BCUT2D eigenvalue weighted by Gasteiger charge is 2.32. The predicted octanol–water partition coefficient (Wildman–Crippen LogP) is 4.05. The molecular formula is C21H22N2O3S. The summed E-state index contributed by atoms with van der Waals surface area (Å²) in [6.45, 7) is 5.88. The molecule has 1 amide bonds. The first kappa shape index (κ1) is 18.9. The zero-order valence-corrected chi connectivity index (χ0v) is 16.6. The predicted molar refractivity (Wildman–Crippen MR) is 111 cm³/mol. The molecule has 1 N–H and O–H groups in total. The van der Waals surface area contributed by atoms with Crippen molar-refractivity contribution in [1.82, 2.24) is 5.32 Å². The molecule has 2 aromatic carbocycles. The van der Waals surface area contributed by atoms with Gasteiger partial charge in [-0.25, -0.2) is 0 Å². The number of carbonyl (C=O) groups is 1. The molecule has 0 atom stereocenters. The number of methoxy groups -OCH3 is 1. The second-order valence-corrected chi connectivity index (χ2v) is 6.90. The number of amides is 1. The zero-order chi connectivity index (χ0) is 19.6. The van der Waals surface area contributed by atoms with Crippen LogP contribution in [0.25, 0.3) is 6.08 Å². The highest BCUT2D eigenvalue weighted by atomic mass is 32.1. The summed E-state index contributed by atoms with van der Waals surface area (Å²) in [6.07, 6.45) is 1.71. The minimum atomic E-state index is -0.206. The summed E-state index contributed by atoms with van der Waals surface area (Å²) in [5.74, 6) is 1.00. The van der Waals surface area contributed by atoms with E-state index < -0.39 is 0 Å². The Bertz CT molecular complexity index is 904. The first-order valence-electron chi connectivity index (χ1n) is 8.68. The third kappa shape index (κ3) is 3.95. The fraction of sp³-hybridized carbons (Fsp3) is 0.238. The topological polar surface area (TPSA) is 50.8 Å². The Labute approximate surface area is 164 Å². The first-order valence-corrected chi connectivity index (χ1v) is 9.09. The monoisotopic (exact) mass is 382 g/mol. The number of hydrogen-bond donors (Lipinski definition) is 1. The van der Waals surface area contributed by atoms with Crippen molar-refractivity contribution in [3.8, 4) is 11.5 Å². The molecule has 1 fully saturated rings. The largest absolute Gasteiger partial charge is 0.493 e. The second-order valence-electron chi connectivity index (χ2n) is 6.51. The Morgan fingerprint density at radius 2 is 1.85 bits per heavy atom. The Hall–Kier alpha value is -2.86. The molecule has 0 unspecified atom stereocenters. The van der Waals surface area contributed by atoms with Crippen LogP contribution in [0.1, 0.15) is 25.0 Å². The lowest BCUT2D eigenvalue weighted by Crippen LogP contribution is -2.30. The van der Waals surface area contributed by atoms with Crippen LogP contribution in [0, 0.1) is 6.92 Å². The number of para-hydroxylation sites is 1. The highest BCUT2D eigenvalue weighted by Crippen LogP contribution is 2.34. The Morgan fingerprint density at radius 3 is 2.48 bits per heavy atom. The summed E-state index contributed by atoms with van der Waals surface area (Å²) in [7, 11) is 1.59. The molecule has 1 aliphatic heterocycles. The van der Waals surface area contributed by atoms with Crippen LogP contribution in [0.2, 0.25) is 0 Å². The van der Waals surface area contributed by atoms with Gasteiger partial charge in [-0.15, -0.1) is 0 Å². The van der Waals surface area contributed by atoms with Gasteiger partial charge in [0.1, 0.15) is 5.70 Å². The SMILES string of the molecule is COc1cccc(/C=C2\NC(=S)N(c3ccc(C)cc3)C2=O)c1OC(C)C.